The molecule has 6 heteroatoms. The summed E-state index contributed by atoms with van der Waals surface area (Å²) in [5, 5.41) is 2.69. The van der Waals surface area contributed by atoms with Crippen LogP contribution in [0.2, 0.25) is 0 Å². The molecule has 92 valence electrons. The van der Waals surface area contributed by atoms with Crippen LogP contribution in [-0.2, 0) is 4.79 Å². The van der Waals surface area contributed by atoms with Gasteiger partial charge in [-0.25, -0.2) is 0 Å². The van der Waals surface area contributed by atoms with Gasteiger partial charge in [-0.3, -0.25) is 13.9 Å². The molecule has 0 bridgehead atoms. The van der Waals surface area contributed by atoms with Gasteiger partial charge in [0.25, 0.3) is 0 Å². The second kappa shape index (κ2) is 4.45. The van der Waals surface area contributed by atoms with Crippen molar-refractivity contribution >= 4 is 32.4 Å². The highest BCUT2D eigenvalue weighted by molar-refractivity contribution is 9.10. The van der Waals surface area contributed by atoms with Crippen molar-refractivity contribution in [2.45, 2.75) is 10.9 Å². The fourth-order valence-corrected chi connectivity index (χ4v) is 4.16. The number of halogens is 1. The molecule has 3 N–H and O–H groups in total. The highest BCUT2D eigenvalue weighted by Gasteiger charge is 2.35. The van der Waals surface area contributed by atoms with Gasteiger partial charge in [-0.1, -0.05) is 28.6 Å². The summed E-state index contributed by atoms with van der Waals surface area (Å²) in [7, 11) is -2.81. The fourth-order valence-electron chi connectivity index (χ4n) is 1.84. The Kier molecular flexibility index (Phi) is 3.31. The topological polar surface area (TPSA) is 69.6 Å². The summed E-state index contributed by atoms with van der Waals surface area (Å²) in [6.07, 6.45) is 1.17. The van der Waals surface area contributed by atoms with Crippen LogP contribution in [0.15, 0.2) is 40.2 Å². The predicted octanol–water partition coefficient (Wildman–Crippen LogP) is 2.92. The summed E-state index contributed by atoms with van der Waals surface area (Å²) < 4.78 is 20.7. The summed E-state index contributed by atoms with van der Waals surface area (Å²) in [6.45, 7) is 3.37. The van der Waals surface area contributed by atoms with E-state index in [9.17, 15) is 13.9 Å². The van der Waals surface area contributed by atoms with Crippen LogP contribution in [0.25, 0.3) is 0 Å². The van der Waals surface area contributed by atoms with Crippen LogP contribution < -0.4 is 5.32 Å². The third kappa shape index (κ3) is 2.40. The molecule has 0 saturated heterocycles. The third-order valence-corrected chi connectivity index (χ3v) is 4.95. The number of hydrogen-bond donors (Lipinski definition) is 3. The van der Waals surface area contributed by atoms with Crippen molar-refractivity contribution < 1.29 is 13.9 Å². The monoisotopic (exact) mass is 317 g/mol. The van der Waals surface area contributed by atoms with Gasteiger partial charge in [0, 0.05) is 4.47 Å². The molecular weight excluding hydrogens is 306 g/mol. The number of benzene rings is 1. The van der Waals surface area contributed by atoms with E-state index in [1.165, 1.54) is 6.08 Å². The van der Waals surface area contributed by atoms with Gasteiger partial charge in [0.05, 0.1) is 16.7 Å². The smallest absolute Gasteiger partial charge is 0.243 e. The van der Waals surface area contributed by atoms with E-state index < -0.39 is 10.6 Å². The number of nitrogens with one attached hydrogen (secondary N) is 1. The number of hydrogen-bond acceptors (Lipinski definition) is 3. The molecule has 4 nitrogen and oxygen atoms in total. The zero-order valence-corrected chi connectivity index (χ0v) is 11.3. The van der Waals surface area contributed by atoms with Crippen molar-refractivity contribution in [2.75, 3.05) is 5.75 Å². The first-order chi connectivity index (χ1) is 7.94. The van der Waals surface area contributed by atoms with Gasteiger partial charge < -0.3 is 5.32 Å². The van der Waals surface area contributed by atoms with E-state index in [0.29, 0.717) is 4.90 Å². The molecule has 0 aliphatic carbocycles. The van der Waals surface area contributed by atoms with Crippen LogP contribution in [0.3, 0.4) is 0 Å². The van der Waals surface area contributed by atoms with E-state index in [4.69, 9.17) is 0 Å². The lowest BCUT2D eigenvalue weighted by Crippen LogP contribution is -2.27. The maximum atomic E-state index is 11.3. The highest BCUT2D eigenvalue weighted by atomic mass is 79.9. The summed E-state index contributed by atoms with van der Waals surface area (Å²) >= 11 is 3.29. The number of carbonyl (C=O) groups excluding carboxylic acids is 1. The van der Waals surface area contributed by atoms with E-state index >= 15 is 0 Å². The van der Waals surface area contributed by atoms with Gasteiger partial charge >= 0.3 is 0 Å². The van der Waals surface area contributed by atoms with E-state index in [1.54, 1.807) is 12.1 Å². The van der Waals surface area contributed by atoms with Crippen molar-refractivity contribution in [3.63, 3.8) is 0 Å². The molecular formula is C11H12BrNO3S. The minimum absolute atomic E-state index is 0.123. The SMILES string of the molecule is C=CC(=O)NC1CS(O)(O)c2cc(Br)ccc21. The lowest BCUT2D eigenvalue weighted by Gasteiger charge is -2.27. The Morgan fingerprint density at radius 2 is 2.29 bits per heavy atom. The second-order valence-electron chi connectivity index (χ2n) is 3.78. The zero-order chi connectivity index (χ0) is 12.6. The molecule has 0 aromatic heterocycles. The molecule has 1 aliphatic rings. The summed E-state index contributed by atoms with van der Waals surface area (Å²) in [4.78, 5) is 11.8. The van der Waals surface area contributed by atoms with Gasteiger partial charge in [0.15, 0.2) is 0 Å². The molecule has 0 fully saturated rings. The van der Waals surface area contributed by atoms with Gasteiger partial charge in [0.1, 0.15) is 0 Å². The van der Waals surface area contributed by atoms with E-state index in [2.05, 4.69) is 27.8 Å². The molecule has 17 heavy (non-hydrogen) atoms. The van der Waals surface area contributed by atoms with Gasteiger partial charge in [-0.15, -0.1) is 0 Å². The van der Waals surface area contributed by atoms with Crippen molar-refractivity contribution in [1.29, 1.82) is 0 Å². The Bertz CT molecular complexity index is 490. The standard InChI is InChI=1S/C11H12BrNO3S/c1-2-11(14)13-9-6-17(15,16)10-5-7(12)3-4-8(9)10/h2-5,9,15-16H,1,6H2,(H,13,14). The van der Waals surface area contributed by atoms with Crippen molar-refractivity contribution in [1.82, 2.24) is 5.32 Å². The zero-order valence-electron chi connectivity index (χ0n) is 8.89. The van der Waals surface area contributed by atoms with Crippen LogP contribution in [0, 0.1) is 0 Å². The van der Waals surface area contributed by atoms with Crippen molar-refractivity contribution in [2.24, 2.45) is 0 Å². The molecule has 1 aliphatic heterocycles. The fraction of sp³-hybridized carbons (Fsp3) is 0.182. The first-order valence-electron chi connectivity index (χ1n) is 4.92. The van der Waals surface area contributed by atoms with Crippen LogP contribution in [0.5, 0.6) is 0 Å². The van der Waals surface area contributed by atoms with Gasteiger partial charge in [-0.2, -0.15) is 10.6 Å². The summed E-state index contributed by atoms with van der Waals surface area (Å²) in [5.41, 5.74) is 0.753. The molecule has 2 rings (SSSR count). The van der Waals surface area contributed by atoms with Crippen LogP contribution in [-0.4, -0.2) is 20.8 Å². The maximum Gasteiger partial charge on any atom is 0.243 e. The number of rotatable bonds is 2. The number of carbonyl (C=O) groups is 1. The highest BCUT2D eigenvalue weighted by Crippen LogP contribution is 2.59. The van der Waals surface area contributed by atoms with Crippen LogP contribution in [0.1, 0.15) is 11.6 Å². The Labute approximate surface area is 109 Å². The number of amides is 1. The van der Waals surface area contributed by atoms with E-state index in [0.717, 1.165) is 10.0 Å². The number of fused-ring (bicyclic) bond motifs is 1. The van der Waals surface area contributed by atoms with Gasteiger partial charge in [0.2, 0.25) is 5.91 Å². The summed E-state index contributed by atoms with van der Waals surface area (Å²) in [6, 6.07) is 4.92. The predicted molar refractivity (Wildman–Crippen MR) is 71.2 cm³/mol. The molecule has 1 aromatic carbocycles. The molecule has 1 atom stereocenters. The Balaban J connectivity index is 2.38. The Morgan fingerprint density at radius 3 is 2.94 bits per heavy atom. The largest absolute Gasteiger partial charge is 0.344 e. The van der Waals surface area contributed by atoms with E-state index in [1.807, 2.05) is 6.07 Å². The van der Waals surface area contributed by atoms with Crippen LogP contribution in [0.4, 0.5) is 0 Å². The molecule has 0 saturated carbocycles. The van der Waals surface area contributed by atoms with E-state index in [-0.39, 0.29) is 17.7 Å². The molecule has 1 unspecified atom stereocenters. The normalized spacial score (nSPS) is 22.6. The Hall–Kier alpha value is -0.820. The molecule has 1 amide bonds. The summed E-state index contributed by atoms with van der Waals surface area (Å²) in [5.74, 6) is -0.195. The molecule has 0 spiro atoms. The first kappa shape index (κ1) is 12.6. The second-order valence-corrected chi connectivity index (χ2v) is 6.80. The quantitative estimate of drug-likeness (QED) is 0.734. The van der Waals surface area contributed by atoms with Gasteiger partial charge in [-0.05, 0) is 23.8 Å². The third-order valence-electron chi connectivity index (χ3n) is 2.60. The first-order valence-corrected chi connectivity index (χ1v) is 7.43. The average Bonchev–Trinajstić information content (AvgIpc) is 2.50. The minimum Gasteiger partial charge on any atom is -0.344 e. The van der Waals surface area contributed by atoms with Crippen molar-refractivity contribution in [3.05, 3.63) is 40.9 Å². The lowest BCUT2D eigenvalue weighted by molar-refractivity contribution is -0.117. The molecule has 0 radical (unpaired) electrons. The maximum absolute atomic E-state index is 11.3. The average molecular weight is 318 g/mol. The molecule has 1 heterocycles. The lowest BCUT2D eigenvalue weighted by atomic mass is 10.1. The van der Waals surface area contributed by atoms with Crippen molar-refractivity contribution in [3.8, 4) is 0 Å². The molecule has 1 aromatic rings. The Morgan fingerprint density at radius 1 is 1.59 bits per heavy atom. The minimum atomic E-state index is -2.81. The van der Waals surface area contributed by atoms with Crippen LogP contribution >= 0.6 is 26.5 Å².